The van der Waals surface area contributed by atoms with Gasteiger partial charge < -0.3 is 24.6 Å². The molecule has 39 heavy (non-hydrogen) atoms. The molecule has 0 spiro atoms. The minimum Gasteiger partial charge on any atom is -0.507 e. The van der Waals surface area contributed by atoms with Crippen LogP contribution in [0.5, 0.6) is 11.5 Å². The summed E-state index contributed by atoms with van der Waals surface area (Å²) in [7, 11) is -1.20. The fraction of sp³-hybridized carbons (Fsp3) is 0.393. The number of amides is 1. The summed E-state index contributed by atoms with van der Waals surface area (Å²) in [5.41, 5.74) is 2.40. The first-order valence-corrected chi connectivity index (χ1v) is 16.8. The Labute approximate surface area is 228 Å². The van der Waals surface area contributed by atoms with E-state index in [1.54, 1.807) is 16.8 Å². The van der Waals surface area contributed by atoms with Gasteiger partial charge in [0.2, 0.25) is 5.78 Å². The predicted octanol–water partition coefficient (Wildman–Crippen LogP) is 4.47. The number of rotatable bonds is 8. The van der Waals surface area contributed by atoms with Gasteiger partial charge in [-0.1, -0.05) is 37.8 Å². The van der Waals surface area contributed by atoms with Crippen molar-refractivity contribution in [1.29, 1.82) is 0 Å². The van der Waals surface area contributed by atoms with Gasteiger partial charge in [-0.05, 0) is 24.2 Å². The normalized spacial score (nSPS) is 17.2. The highest BCUT2D eigenvalue weighted by Crippen LogP contribution is 2.40. The SMILES string of the molecule is C[Si](C)(C)CCOCn1nc(C=C2Oc3c(ccc(O)c3CN3CCN(C(=O)O)CC3)C2=O)c2ccccc21. The Morgan fingerprint density at radius 1 is 1.13 bits per heavy atom. The quantitative estimate of drug-likeness (QED) is 0.240. The molecule has 1 fully saturated rings. The van der Waals surface area contributed by atoms with Crippen LogP contribution in [-0.2, 0) is 18.0 Å². The molecule has 2 aromatic carbocycles. The lowest BCUT2D eigenvalue weighted by Crippen LogP contribution is -2.47. The van der Waals surface area contributed by atoms with Gasteiger partial charge in [-0.3, -0.25) is 9.69 Å². The number of Topliss-reactive ketones (excluding diaryl/α,β-unsaturated/α-hetero) is 1. The molecule has 0 atom stereocenters. The number of carbonyl (C=O) groups excluding carboxylic acids is 1. The molecule has 1 saturated heterocycles. The third-order valence-electron chi connectivity index (χ3n) is 7.11. The van der Waals surface area contributed by atoms with Crippen molar-refractivity contribution in [1.82, 2.24) is 19.6 Å². The Bertz CT molecular complexity index is 1440. The van der Waals surface area contributed by atoms with Crippen LogP contribution in [0.15, 0.2) is 42.2 Å². The predicted molar refractivity (Wildman–Crippen MR) is 150 cm³/mol. The molecule has 11 heteroatoms. The molecule has 2 N–H and O–H groups in total. The van der Waals surface area contributed by atoms with Gasteiger partial charge >= 0.3 is 6.09 Å². The summed E-state index contributed by atoms with van der Waals surface area (Å²) in [6, 6.07) is 11.9. The van der Waals surface area contributed by atoms with Gasteiger partial charge in [-0.15, -0.1) is 0 Å². The number of aromatic nitrogens is 2. The van der Waals surface area contributed by atoms with Crippen molar-refractivity contribution in [2.75, 3.05) is 32.8 Å². The molecule has 0 bridgehead atoms. The molecule has 206 valence electrons. The number of carbonyl (C=O) groups is 2. The number of ketones is 1. The highest BCUT2D eigenvalue weighted by molar-refractivity contribution is 6.76. The van der Waals surface area contributed by atoms with Gasteiger partial charge in [-0.25, -0.2) is 9.48 Å². The summed E-state index contributed by atoms with van der Waals surface area (Å²) >= 11 is 0. The van der Waals surface area contributed by atoms with E-state index in [9.17, 15) is 19.8 Å². The lowest BCUT2D eigenvalue weighted by atomic mass is 10.0. The Morgan fingerprint density at radius 3 is 2.59 bits per heavy atom. The van der Waals surface area contributed by atoms with E-state index in [1.165, 1.54) is 11.0 Å². The molecular weight excluding hydrogens is 516 g/mol. The number of hydrogen-bond acceptors (Lipinski definition) is 7. The van der Waals surface area contributed by atoms with E-state index in [0.29, 0.717) is 68.6 Å². The molecule has 0 aliphatic carbocycles. The monoisotopic (exact) mass is 550 g/mol. The number of piperazine rings is 1. The number of benzene rings is 2. The maximum atomic E-state index is 13.3. The second kappa shape index (κ2) is 10.8. The van der Waals surface area contributed by atoms with Crippen LogP contribution in [0.3, 0.4) is 0 Å². The van der Waals surface area contributed by atoms with E-state index in [2.05, 4.69) is 19.6 Å². The minimum absolute atomic E-state index is 0.0358. The van der Waals surface area contributed by atoms with Gasteiger partial charge in [0.15, 0.2) is 5.76 Å². The summed E-state index contributed by atoms with van der Waals surface area (Å²) < 4.78 is 13.8. The fourth-order valence-electron chi connectivity index (χ4n) is 4.78. The van der Waals surface area contributed by atoms with E-state index in [0.717, 1.165) is 16.9 Å². The number of hydrogen-bond donors (Lipinski definition) is 2. The fourth-order valence-corrected chi connectivity index (χ4v) is 5.54. The highest BCUT2D eigenvalue weighted by atomic mass is 28.3. The van der Waals surface area contributed by atoms with Crippen LogP contribution in [0, 0.1) is 0 Å². The smallest absolute Gasteiger partial charge is 0.407 e. The van der Waals surface area contributed by atoms with E-state index in [4.69, 9.17) is 14.6 Å². The van der Waals surface area contributed by atoms with Crippen molar-refractivity contribution in [2.45, 2.75) is 39.0 Å². The van der Waals surface area contributed by atoms with Gasteiger partial charge in [0.25, 0.3) is 0 Å². The maximum absolute atomic E-state index is 13.3. The summed E-state index contributed by atoms with van der Waals surface area (Å²) in [6.07, 6.45) is 0.713. The van der Waals surface area contributed by atoms with Crippen LogP contribution in [-0.4, -0.2) is 82.5 Å². The molecule has 3 aromatic rings. The lowest BCUT2D eigenvalue weighted by molar-refractivity contribution is 0.0816. The van der Waals surface area contributed by atoms with Gasteiger partial charge in [0.05, 0.1) is 22.3 Å². The molecule has 2 aliphatic rings. The van der Waals surface area contributed by atoms with E-state index in [-0.39, 0.29) is 17.3 Å². The van der Waals surface area contributed by atoms with Crippen LogP contribution < -0.4 is 4.74 Å². The molecule has 3 heterocycles. The zero-order valence-electron chi connectivity index (χ0n) is 22.5. The van der Waals surface area contributed by atoms with Crippen molar-refractivity contribution >= 4 is 36.9 Å². The van der Waals surface area contributed by atoms with E-state index >= 15 is 0 Å². The van der Waals surface area contributed by atoms with Crippen molar-refractivity contribution < 1.29 is 29.3 Å². The number of allylic oxidation sites excluding steroid dienone is 1. The van der Waals surface area contributed by atoms with Crippen molar-refractivity contribution in [3.8, 4) is 11.5 Å². The van der Waals surface area contributed by atoms with E-state index in [1.807, 2.05) is 29.2 Å². The molecule has 1 amide bonds. The van der Waals surface area contributed by atoms with Crippen molar-refractivity contribution in [3.63, 3.8) is 0 Å². The van der Waals surface area contributed by atoms with Gasteiger partial charge in [-0.2, -0.15) is 5.10 Å². The maximum Gasteiger partial charge on any atom is 0.407 e. The summed E-state index contributed by atoms with van der Waals surface area (Å²) in [5.74, 6) is 0.244. The summed E-state index contributed by atoms with van der Waals surface area (Å²) in [5, 5.41) is 25.4. The second-order valence-corrected chi connectivity index (χ2v) is 16.8. The third kappa shape index (κ3) is 5.85. The number of phenolic OH excluding ortho intramolecular Hbond substituents is 1. The lowest BCUT2D eigenvalue weighted by Gasteiger charge is -2.33. The Balaban J connectivity index is 1.37. The standard InChI is InChI=1S/C28H34N4O6Si/c1-39(2,3)15-14-37-18-32-23-7-5-4-6-19(23)22(29-32)16-25-26(34)20-8-9-24(33)21(27(20)38-25)17-30-10-12-31(13-11-30)28(35)36/h4-9,16,33H,10-15,17-18H2,1-3H3,(H,35,36). The first-order valence-electron chi connectivity index (χ1n) is 13.1. The Hall–Kier alpha value is -3.67. The number of carboxylic acid groups (broad SMARTS) is 1. The van der Waals surface area contributed by atoms with Crippen LogP contribution in [0.1, 0.15) is 21.6 Å². The van der Waals surface area contributed by atoms with Crippen LogP contribution >= 0.6 is 0 Å². The van der Waals surface area contributed by atoms with Crippen molar-refractivity contribution in [2.24, 2.45) is 0 Å². The first kappa shape index (κ1) is 26.9. The second-order valence-electron chi connectivity index (χ2n) is 11.2. The average Bonchev–Trinajstić information content (AvgIpc) is 3.41. The molecule has 2 aliphatic heterocycles. The number of fused-ring (bicyclic) bond motifs is 2. The molecule has 5 rings (SSSR count). The largest absolute Gasteiger partial charge is 0.507 e. The zero-order valence-corrected chi connectivity index (χ0v) is 23.5. The van der Waals surface area contributed by atoms with Crippen LogP contribution in [0.2, 0.25) is 25.7 Å². The topological polar surface area (TPSA) is 117 Å². The van der Waals surface area contributed by atoms with Crippen molar-refractivity contribution in [3.05, 3.63) is 59.0 Å². The number of phenols is 1. The summed E-state index contributed by atoms with van der Waals surface area (Å²) in [4.78, 5) is 27.9. The zero-order chi connectivity index (χ0) is 27.7. The molecule has 0 saturated carbocycles. The molecular formula is C28H34N4O6Si. The number of ether oxygens (including phenoxy) is 2. The highest BCUT2D eigenvalue weighted by Gasteiger charge is 2.33. The minimum atomic E-state index is -1.20. The third-order valence-corrected chi connectivity index (χ3v) is 8.81. The van der Waals surface area contributed by atoms with E-state index < -0.39 is 14.2 Å². The van der Waals surface area contributed by atoms with Crippen LogP contribution in [0.25, 0.3) is 17.0 Å². The van der Waals surface area contributed by atoms with Gasteiger partial charge in [0.1, 0.15) is 18.2 Å². The number of nitrogens with zero attached hydrogens (tertiary/aromatic N) is 4. The Kier molecular flexibility index (Phi) is 7.48. The molecule has 0 radical (unpaired) electrons. The summed E-state index contributed by atoms with van der Waals surface area (Å²) in [6.45, 7) is 10.1. The molecule has 1 aromatic heterocycles. The van der Waals surface area contributed by atoms with Gasteiger partial charge in [0, 0.05) is 58.9 Å². The first-order chi connectivity index (χ1) is 18.6. The average molecular weight is 551 g/mol. The molecule has 0 unspecified atom stereocenters. The Morgan fingerprint density at radius 2 is 1.87 bits per heavy atom. The van der Waals surface area contributed by atoms with Crippen LogP contribution in [0.4, 0.5) is 4.79 Å². The molecule has 10 nitrogen and oxygen atoms in total. The number of para-hydroxylation sites is 1. The number of aromatic hydroxyl groups is 1.